The first kappa shape index (κ1) is 15.3. The quantitative estimate of drug-likeness (QED) is 0.857. The lowest BCUT2D eigenvalue weighted by Gasteiger charge is -2.14. The Morgan fingerprint density at radius 1 is 1.26 bits per heavy atom. The van der Waals surface area contributed by atoms with Gasteiger partial charge in [-0.15, -0.1) is 0 Å². The van der Waals surface area contributed by atoms with Crippen molar-refractivity contribution < 1.29 is 9.53 Å². The highest BCUT2D eigenvalue weighted by Crippen LogP contribution is 2.26. The monoisotopic (exact) mass is 312 g/mol. The Labute approximate surface area is 135 Å². The fraction of sp³-hybridized carbons (Fsp3) is 0.353. The van der Waals surface area contributed by atoms with Gasteiger partial charge < -0.3 is 15.4 Å². The van der Waals surface area contributed by atoms with Gasteiger partial charge in [0.25, 0.3) is 5.91 Å². The van der Waals surface area contributed by atoms with Crippen LogP contribution in [0.4, 0.5) is 11.5 Å². The molecule has 1 aromatic carbocycles. The molecule has 120 valence electrons. The summed E-state index contributed by atoms with van der Waals surface area (Å²) in [6, 6.07) is 9.49. The van der Waals surface area contributed by atoms with Gasteiger partial charge in [-0.05, 0) is 38.8 Å². The van der Waals surface area contributed by atoms with Crippen LogP contribution >= 0.6 is 0 Å². The van der Waals surface area contributed by atoms with Crippen molar-refractivity contribution >= 4 is 17.4 Å². The molecule has 2 N–H and O–H groups in total. The maximum Gasteiger partial charge on any atom is 0.274 e. The van der Waals surface area contributed by atoms with Gasteiger partial charge in [0, 0.05) is 12.1 Å². The second-order valence-corrected chi connectivity index (χ2v) is 5.82. The number of para-hydroxylation sites is 2. The van der Waals surface area contributed by atoms with Gasteiger partial charge in [0.05, 0.1) is 11.8 Å². The molecular formula is C17H20N4O2. The summed E-state index contributed by atoms with van der Waals surface area (Å²) in [5, 5.41) is 6.10. The summed E-state index contributed by atoms with van der Waals surface area (Å²) in [5.41, 5.74) is 0.948. The lowest BCUT2D eigenvalue weighted by Crippen LogP contribution is -2.16. The summed E-state index contributed by atoms with van der Waals surface area (Å²) >= 11 is 0. The standard InChI is InChI=1S/C17H20N4O2/c1-11(2)23-15-6-4-3-5-13(15)21-17(22)14-9-16(19-10-18-14)20-12-7-8-12/h3-6,9-12H,7-8H2,1-2H3,(H,21,22)(H,18,19,20). The summed E-state index contributed by atoms with van der Waals surface area (Å²) < 4.78 is 5.71. The largest absolute Gasteiger partial charge is 0.489 e. The minimum Gasteiger partial charge on any atom is -0.489 e. The van der Waals surface area contributed by atoms with Crippen molar-refractivity contribution in [3.63, 3.8) is 0 Å². The van der Waals surface area contributed by atoms with E-state index in [1.807, 2.05) is 32.0 Å². The first-order valence-electron chi connectivity index (χ1n) is 7.77. The molecule has 0 aliphatic heterocycles. The predicted octanol–water partition coefficient (Wildman–Crippen LogP) is 3.09. The topological polar surface area (TPSA) is 76.1 Å². The van der Waals surface area contributed by atoms with Crippen LogP contribution in [0.2, 0.25) is 0 Å². The van der Waals surface area contributed by atoms with Crippen LogP contribution in [0.1, 0.15) is 37.2 Å². The van der Waals surface area contributed by atoms with Gasteiger partial charge in [0.15, 0.2) is 0 Å². The van der Waals surface area contributed by atoms with Crippen molar-refractivity contribution in [3.8, 4) is 5.75 Å². The van der Waals surface area contributed by atoms with Crippen LogP contribution in [0.5, 0.6) is 5.75 Å². The fourth-order valence-corrected chi connectivity index (χ4v) is 2.11. The number of ether oxygens (including phenoxy) is 1. The van der Waals surface area contributed by atoms with E-state index in [0.29, 0.717) is 29.0 Å². The van der Waals surface area contributed by atoms with Crippen molar-refractivity contribution in [3.05, 3.63) is 42.4 Å². The van der Waals surface area contributed by atoms with Crippen LogP contribution < -0.4 is 15.4 Å². The molecule has 1 aromatic heterocycles. The molecule has 6 heteroatoms. The molecule has 0 saturated heterocycles. The molecule has 6 nitrogen and oxygen atoms in total. The molecular weight excluding hydrogens is 292 g/mol. The van der Waals surface area contributed by atoms with E-state index in [9.17, 15) is 4.79 Å². The molecule has 0 unspecified atom stereocenters. The summed E-state index contributed by atoms with van der Waals surface area (Å²) in [7, 11) is 0. The number of rotatable bonds is 6. The number of hydrogen-bond acceptors (Lipinski definition) is 5. The zero-order valence-electron chi connectivity index (χ0n) is 13.2. The highest BCUT2D eigenvalue weighted by atomic mass is 16.5. The van der Waals surface area contributed by atoms with E-state index in [2.05, 4.69) is 20.6 Å². The first-order chi connectivity index (χ1) is 11.1. The Balaban J connectivity index is 1.74. The van der Waals surface area contributed by atoms with Crippen LogP contribution in [0.15, 0.2) is 36.7 Å². The Hall–Kier alpha value is -2.63. The zero-order valence-corrected chi connectivity index (χ0v) is 13.2. The third-order valence-corrected chi connectivity index (χ3v) is 3.33. The number of anilines is 2. The second-order valence-electron chi connectivity index (χ2n) is 5.82. The molecule has 1 amide bonds. The summed E-state index contributed by atoms with van der Waals surface area (Å²) in [5.74, 6) is 1.03. The average molecular weight is 312 g/mol. The summed E-state index contributed by atoms with van der Waals surface area (Å²) in [4.78, 5) is 20.6. The second kappa shape index (κ2) is 6.64. The van der Waals surface area contributed by atoms with E-state index < -0.39 is 0 Å². The third-order valence-electron chi connectivity index (χ3n) is 3.33. The van der Waals surface area contributed by atoms with Gasteiger partial charge in [0.1, 0.15) is 23.6 Å². The van der Waals surface area contributed by atoms with E-state index in [0.717, 1.165) is 12.8 Å². The molecule has 1 heterocycles. The number of nitrogens with zero attached hydrogens (tertiary/aromatic N) is 2. The maximum absolute atomic E-state index is 12.4. The molecule has 1 fully saturated rings. The van der Waals surface area contributed by atoms with Gasteiger partial charge in [-0.2, -0.15) is 0 Å². The van der Waals surface area contributed by atoms with E-state index in [1.165, 1.54) is 6.33 Å². The van der Waals surface area contributed by atoms with E-state index in [-0.39, 0.29) is 12.0 Å². The van der Waals surface area contributed by atoms with Crippen LogP contribution in [-0.4, -0.2) is 28.0 Å². The van der Waals surface area contributed by atoms with Gasteiger partial charge in [0.2, 0.25) is 0 Å². The van der Waals surface area contributed by atoms with Crippen molar-refractivity contribution in [1.82, 2.24) is 9.97 Å². The normalized spacial score (nSPS) is 13.7. The molecule has 1 aliphatic carbocycles. The molecule has 23 heavy (non-hydrogen) atoms. The Bertz CT molecular complexity index is 698. The molecule has 0 spiro atoms. The van der Waals surface area contributed by atoms with Gasteiger partial charge >= 0.3 is 0 Å². The molecule has 0 atom stereocenters. The lowest BCUT2D eigenvalue weighted by molar-refractivity contribution is 0.102. The number of carbonyl (C=O) groups excluding carboxylic acids is 1. The maximum atomic E-state index is 12.4. The first-order valence-corrected chi connectivity index (χ1v) is 7.77. The van der Waals surface area contributed by atoms with Crippen molar-refractivity contribution in [2.24, 2.45) is 0 Å². The van der Waals surface area contributed by atoms with Crippen molar-refractivity contribution in [2.45, 2.75) is 38.8 Å². The van der Waals surface area contributed by atoms with E-state index in [1.54, 1.807) is 12.1 Å². The molecule has 0 bridgehead atoms. The molecule has 1 saturated carbocycles. The van der Waals surface area contributed by atoms with Crippen LogP contribution in [-0.2, 0) is 0 Å². The predicted molar refractivity (Wildman–Crippen MR) is 88.8 cm³/mol. The Morgan fingerprint density at radius 3 is 2.78 bits per heavy atom. The Morgan fingerprint density at radius 2 is 2.04 bits per heavy atom. The van der Waals surface area contributed by atoms with Gasteiger partial charge in [-0.3, -0.25) is 4.79 Å². The van der Waals surface area contributed by atoms with Gasteiger partial charge in [-0.25, -0.2) is 9.97 Å². The number of carbonyl (C=O) groups is 1. The van der Waals surface area contributed by atoms with E-state index in [4.69, 9.17) is 4.74 Å². The molecule has 1 aliphatic rings. The number of hydrogen-bond donors (Lipinski definition) is 2. The highest BCUT2D eigenvalue weighted by molar-refractivity contribution is 6.04. The molecule has 0 radical (unpaired) electrons. The fourth-order valence-electron chi connectivity index (χ4n) is 2.11. The number of nitrogens with one attached hydrogen (secondary N) is 2. The van der Waals surface area contributed by atoms with Crippen LogP contribution in [0.25, 0.3) is 0 Å². The zero-order chi connectivity index (χ0) is 16.2. The van der Waals surface area contributed by atoms with Crippen LogP contribution in [0.3, 0.4) is 0 Å². The number of aromatic nitrogens is 2. The van der Waals surface area contributed by atoms with Crippen molar-refractivity contribution in [1.29, 1.82) is 0 Å². The minimum atomic E-state index is -0.286. The van der Waals surface area contributed by atoms with Gasteiger partial charge in [-0.1, -0.05) is 12.1 Å². The molecule has 2 aromatic rings. The van der Waals surface area contributed by atoms with E-state index >= 15 is 0 Å². The Kier molecular flexibility index (Phi) is 4.41. The average Bonchev–Trinajstić information content (AvgIpc) is 3.33. The number of amides is 1. The van der Waals surface area contributed by atoms with Crippen molar-refractivity contribution in [2.75, 3.05) is 10.6 Å². The summed E-state index contributed by atoms with van der Waals surface area (Å²) in [6.45, 7) is 3.89. The third kappa shape index (κ3) is 4.18. The number of benzene rings is 1. The smallest absolute Gasteiger partial charge is 0.274 e. The summed E-state index contributed by atoms with van der Waals surface area (Å²) in [6.07, 6.45) is 3.72. The SMILES string of the molecule is CC(C)Oc1ccccc1NC(=O)c1cc(NC2CC2)ncn1. The highest BCUT2D eigenvalue weighted by Gasteiger charge is 2.22. The minimum absolute atomic E-state index is 0.0291. The van der Waals surface area contributed by atoms with Crippen LogP contribution in [0, 0.1) is 0 Å². The lowest BCUT2D eigenvalue weighted by atomic mass is 10.2. The molecule has 3 rings (SSSR count).